The highest BCUT2D eigenvalue weighted by Crippen LogP contribution is 2.03. The number of nitrogens with one attached hydrogen (secondary N) is 1. The van der Waals surface area contributed by atoms with E-state index < -0.39 is 0 Å². The van der Waals surface area contributed by atoms with Gasteiger partial charge >= 0.3 is 0 Å². The first-order valence-electron chi connectivity index (χ1n) is 3.87. The lowest BCUT2D eigenvalue weighted by Gasteiger charge is -2.31. The van der Waals surface area contributed by atoms with Crippen LogP contribution < -0.4 is 5.32 Å². The van der Waals surface area contributed by atoms with Crippen molar-refractivity contribution < 1.29 is 9.59 Å². The second-order valence-corrected chi connectivity index (χ2v) is 2.70. The zero-order chi connectivity index (χ0) is 9.14. The molecule has 0 bridgehead atoms. The summed E-state index contributed by atoms with van der Waals surface area (Å²) in [4.78, 5) is 23.7. The summed E-state index contributed by atoms with van der Waals surface area (Å²) in [5.41, 5.74) is 0. The van der Waals surface area contributed by atoms with Crippen LogP contribution in [-0.2, 0) is 9.59 Å². The Labute approximate surface area is 71.2 Å². The lowest BCUT2D eigenvalue weighted by atomic mass is 10.2. The number of nitrogens with zero attached hydrogens (tertiary/aromatic N) is 1. The molecule has 1 rings (SSSR count). The van der Waals surface area contributed by atoms with Gasteiger partial charge in [0.25, 0.3) is 0 Å². The number of hydrogen-bond donors (Lipinski definition) is 1. The van der Waals surface area contributed by atoms with Crippen LogP contribution in [0.15, 0.2) is 12.7 Å². The summed E-state index contributed by atoms with van der Waals surface area (Å²) in [5.74, 6) is -0.284. The molecule has 12 heavy (non-hydrogen) atoms. The first-order valence-corrected chi connectivity index (χ1v) is 3.87. The van der Waals surface area contributed by atoms with Crippen LogP contribution in [0.25, 0.3) is 0 Å². The fourth-order valence-electron chi connectivity index (χ4n) is 1.20. The molecule has 0 saturated carbocycles. The number of amides is 2. The normalized spacial score (nSPS) is 23.2. The molecule has 0 radical (unpaired) electrons. The lowest BCUT2D eigenvalue weighted by Crippen LogP contribution is -2.55. The third-order valence-corrected chi connectivity index (χ3v) is 1.96. The highest BCUT2D eigenvalue weighted by atomic mass is 16.2. The van der Waals surface area contributed by atoms with Gasteiger partial charge in [0, 0.05) is 13.1 Å². The van der Waals surface area contributed by atoms with Gasteiger partial charge in [0.05, 0.1) is 0 Å². The fraction of sp³-hybridized carbons (Fsp3) is 0.500. The van der Waals surface area contributed by atoms with Gasteiger partial charge in [0.2, 0.25) is 11.8 Å². The quantitative estimate of drug-likeness (QED) is 0.537. The lowest BCUT2D eigenvalue weighted by molar-refractivity contribution is -0.139. The monoisotopic (exact) mass is 168 g/mol. The molecule has 0 aromatic rings. The van der Waals surface area contributed by atoms with E-state index in [1.54, 1.807) is 6.92 Å². The Bertz CT molecular complexity index is 225. The molecule has 4 heteroatoms. The molecule has 1 aliphatic rings. The molecule has 1 atom stereocenters. The Morgan fingerprint density at radius 3 is 3.08 bits per heavy atom. The number of piperazine rings is 1. The summed E-state index contributed by atoms with van der Waals surface area (Å²) < 4.78 is 0. The van der Waals surface area contributed by atoms with Crippen molar-refractivity contribution in [1.29, 1.82) is 0 Å². The Kier molecular flexibility index (Phi) is 2.47. The Balaban J connectivity index is 2.69. The summed E-state index contributed by atoms with van der Waals surface area (Å²) in [6, 6.07) is -0.371. The number of hydrogen-bond acceptors (Lipinski definition) is 2. The van der Waals surface area contributed by atoms with Gasteiger partial charge in [-0.3, -0.25) is 9.59 Å². The van der Waals surface area contributed by atoms with Crippen LogP contribution in [0, 0.1) is 0 Å². The third-order valence-electron chi connectivity index (χ3n) is 1.96. The van der Waals surface area contributed by atoms with Crippen LogP contribution in [0.4, 0.5) is 0 Å². The first-order chi connectivity index (χ1) is 5.66. The molecule has 0 spiro atoms. The van der Waals surface area contributed by atoms with Crippen LogP contribution >= 0.6 is 0 Å². The van der Waals surface area contributed by atoms with Crippen LogP contribution in [0.1, 0.15) is 6.92 Å². The van der Waals surface area contributed by atoms with Crippen molar-refractivity contribution in [1.82, 2.24) is 10.2 Å². The number of rotatable bonds is 1. The second kappa shape index (κ2) is 3.38. The predicted octanol–water partition coefficient (Wildman–Crippen LogP) is -0.481. The highest BCUT2D eigenvalue weighted by Gasteiger charge is 2.27. The van der Waals surface area contributed by atoms with Crippen LogP contribution in [0.2, 0.25) is 0 Å². The van der Waals surface area contributed by atoms with Gasteiger partial charge in [-0.25, -0.2) is 0 Å². The molecule has 0 aromatic heterocycles. The summed E-state index contributed by atoms with van der Waals surface area (Å²) >= 11 is 0. The van der Waals surface area contributed by atoms with E-state index in [1.807, 2.05) is 0 Å². The van der Waals surface area contributed by atoms with Gasteiger partial charge < -0.3 is 10.2 Å². The summed E-state index contributed by atoms with van der Waals surface area (Å²) in [6.45, 7) is 6.17. The van der Waals surface area contributed by atoms with E-state index in [1.165, 1.54) is 11.0 Å². The maximum Gasteiger partial charge on any atom is 0.246 e. The van der Waals surface area contributed by atoms with E-state index >= 15 is 0 Å². The van der Waals surface area contributed by atoms with E-state index in [0.717, 1.165) is 0 Å². The van der Waals surface area contributed by atoms with Crippen LogP contribution in [0.3, 0.4) is 0 Å². The molecule has 0 aliphatic carbocycles. The maximum absolute atomic E-state index is 11.2. The largest absolute Gasteiger partial charge is 0.353 e. The maximum atomic E-state index is 11.2. The molecule has 1 N–H and O–H groups in total. The van der Waals surface area contributed by atoms with Crippen LogP contribution in [-0.4, -0.2) is 35.8 Å². The Hall–Kier alpha value is -1.32. The molecule has 0 aromatic carbocycles. The van der Waals surface area contributed by atoms with Gasteiger partial charge in [-0.2, -0.15) is 0 Å². The molecule has 1 fully saturated rings. The molecule has 0 unspecified atom stereocenters. The van der Waals surface area contributed by atoms with Crippen molar-refractivity contribution in [2.24, 2.45) is 0 Å². The van der Waals surface area contributed by atoms with Gasteiger partial charge in [0.1, 0.15) is 6.04 Å². The molecule has 1 saturated heterocycles. The topological polar surface area (TPSA) is 49.4 Å². The molecule has 2 amide bonds. The average molecular weight is 168 g/mol. The third kappa shape index (κ3) is 1.47. The van der Waals surface area contributed by atoms with Gasteiger partial charge in [-0.05, 0) is 13.0 Å². The molecular weight excluding hydrogens is 156 g/mol. The van der Waals surface area contributed by atoms with E-state index in [0.29, 0.717) is 13.1 Å². The summed E-state index contributed by atoms with van der Waals surface area (Å²) in [7, 11) is 0. The zero-order valence-corrected chi connectivity index (χ0v) is 7.04. The van der Waals surface area contributed by atoms with Crippen molar-refractivity contribution in [3.05, 3.63) is 12.7 Å². The Morgan fingerprint density at radius 1 is 1.83 bits per heavy atom. The standard InChI is InChI=1S/C8H12N2O2/c1-3-7(11)10-5-4-9-8(12)6(10)2/h3,6H,1,4-5H2,2H3,(H,9,12)/t6-/m1/s1. The minimum Gasteiger partial charge on any atom is -0.353 e. The van der Waals surface area contributed by atoms with Crippen molar-refractivity contribution in [2.75, 3.05) is 13.1 Å². The van der Waals surface area contributed by atoms with E-state index in [-0.39, 0.29) is 17.9 Å². The summed E-state index contributed by atoms with van der Waals surface area (Å²) in [6.07, 6.45) is 1.23. The summed E-state index contributed by atoms with van der Waals surface area (Å²) in [5, 5.41) is 2.67. The van der Waals surface area contributed by atoms with Crippen molar-refractivity contribution in [3.8, 4) is 0 Å². The fourth-order valence-corrected chi connectivity index (χ4v) is 1.20. The number of carbonyl (C=O) groups excluding carboxylic acids is 2. The van der Waals surface area contributed by atoms with E-state index in [9.17, 15) is 9.59 Å². The average Bonchev–Trinajstić information content (AvgIpc) is 2.08. The molecule has 1 heterocycles. The minimum atomic E-state index is -0.371. The van der Waals surface area contributed by atoms with Gasteiger partial charge in [-0.15, -0.1) is 0 Å². The van der Waals surface area contributed by atoms with Crippen molar-refractivity contribution >= 4 is 11.8 Å². The van der Waals surface area contributed by atoms with Gasteiger partial charge in [0.15, 0.2) is 0 Å². The minimum absolute atomic E-state index is 0.101. The van der Waals surface area contributed by atoms with E-state index in [4.69, 9.17) is 0 Å². The predicted molar refractivity (Wildman–Crippen MR) is 44.4 cm³/mol. The molecule has 4 nitrogen and oxygen atoms in total. The number of carbonyl (C=O) groups is 2. The SMILES string of the molecule is C=CC(=O)N1CCNC(=O)[C@H]1C. The van der Waals surface area contributed by atoms with E-state index in [2.05, 4.69) is 11.9 Å². The van der Waals surface area contributed by atoms with Crippen molar-refractivity contribution in [2.45, 2.75) is 13.0 Å². The molecular formula is C8H12N2O2. The first kappa shape index (κ1) is 8.77. The highest BCUT2D eigenvalue weighted by molar-refractivity contribution is 5.93. The molecule has 66 valence electrons. The van der Waals surface area contributed by atoms with Crippen molar-refractivity contribution in [3.63, 3.8) is 0 Å². The molecule has 1 aliphatic heterocycles. The zero-order valence-electron chi connectivity index (χ0n) is 7.04. The second-order valence-electron chi connectivity index (χ2n) is 2.70. The van der Waals surface area contributed by atoms with Crippen LogP contribution in [0.5, 0.6) is 0 Å². The van der Waals surface area contributed by atoms with Gasteiger partial charge in [-0.1, -0.05) is 6.58 Å². The Morgan fingerprint density at radius 2 is 2.50 bits per heavy atom. The smallest absolute Gasteiger partial charge is 0.246 e.